The van der Waals surface area contributed by atoms with Gasteiger partial charge in [0, 0.05) is 6.61 Å². The normalized spacial score (nSPS) is 13.9. The Hall–Kier alpha value is -1.73. The monoisotopic (exact) mass is 417 g/mol. The molecule has 0 aromatic heterocycles. The molecule has 0 fully saturated rings. The van der Waals surface area contributed by atoms with E-state index in [0.717, 1.165) is 0 Å². The summed E-state index contributed by atoms with van der Waals surface area (Å²) in [7, 11) is -6.14. The Balaban J connectivity index is 2.45. The van der Waals surface area contributed by atoms with E-state index in [1.54, 1.807) is 6.08 Å². The van der Waals surface area contributed by atoms with Crippen molar-refractivity contribution in [2.75, 3.05) is 12.4 Å². The third-order valence-corrected chi connectivity index (χ3v) is 10.8. The highest BCUT2D eigenvalue weighted by atomic mass is 32.2. The largest absolute Gasteiger partial charge is 0.407 e. The van der Waals surface area contributed by atoms with E-state index in [2.05, 4.69) is 51.6 Å². The van der Waals surface area contributed by atoms with Gasteiger partial charge >= 0.3 is 0 Å². The Bertz CT molecular complexity index is 822. The van der Waals surface area contributed by atoms with Gasteiger partial charge in [-0.3, -0.25) is 0 Å². The molecule has 2 aromatic rings. The number of rotatable bonds is 9. The maximum absolute atomic E-state index is 11.4. The first-order valence-corrected chi connectivity index (χ1v) is 13.1. The predicted molar refractivity (Wildman–Crippen MR) is 120 cm³/mol. The first-order valence-electron chi connectivity index (χ1n) is 9.48. The van der Waals surface area contributed by atoms with Crippen LogP contribution in [0.4, 0.5) is 0 Å². The van der Waals surface area contributed by atoms with Gasteiger partial charge in [-0.2, -0.15) is 0 Å². The number of benzene rings is 2. The van der Waals surface area contributed by atoms with Crippen LogP contribution in [0.25, 0.3) is 0 Å². The highest BCUT2D eigenvalue weighted by Gasteiger charge is 2.50. The topological polar surface area (TPSA) is 69.4 Å². The van der Waals surface area contributed by atoms with Crippen LogP contribution in [0.5, 0.6) is 0 Å². The van der Waals surface area contributed by atoms with Gasteiger partial charge in [-0.1, -0.05) is 87.5 Å². The molecule has 2 rings (SSSR count). The summed E-state index contributed by atoms with van der Waals surface area (Å²) in [5, 5.41) is 7.45. The van der Waals surface area contributed by atoms with Crippen LogP contribution in [-0.2, 0) is 14.4 Å². The van der Waals surface area contributed by atoms with Crippen molar-refractivity contribution in [1.29, 1.82) is 0 Å². The zero-order valence-electron chi connectivity index (χ0n) is 17.0. The quantitative estimate of drug-likeness (QED) is 0.504. The fourth-order valence-electron chi connectivity index (χ4n) is 3.58. The van der Waals surface area contributed by atoms with Gasteiger partial charge in [0.15, 0.2) is 0 Å². The van der Waals surface area contributed by atoms with E-state index in [4.69, 9.17) is 9.56 Å². The maximum Gasteiger partial charge on any atom is 0.261 e. The highest BCUT2D eigenvalue weighted by Crippen LogP contribution is 2.37. The number of hydrogen-bond acceptors (Lipinski definition) is 3. The third-order valence-electron chi connectivity index (χ3n) is 5.04. The van der Waals surface area contributed by atoms with Crippen molar-refractivity contribution in [2.24, 2.45) is 11.1 Å². The van der Waals surface area contributed by atoms with Crippen molar-refractivity contribution in [3.63, 3.8) is 0 Å². The summed E-state index contributed by atoms with van der Waals surface area (Å²) in [5.74, 6) is -0.159. The van der Waals surface area contributed by atoms with E-state index in [0.29, 0.717) is 13.0 Å². The van der Waals surface area contributed by atoms with E-state index in [1.165, 1.54) is 10.4 Å². The average Bonchev–Trinajstić information content (AvgIpc) is 2.64. The van der Waals surface area contributed by atoms with Crippen LogP contribution in [0.15, 0.2) is 73.3 Å². The molecular weight excluding hydrogens is 386 g/mol. The molecule has 0 bridgehead atoms. The first-order chi connectivity index (χ1) is 13.1. The molecule has 4 nitrogen and oxygen atoms in total. The minimum atomic E-state index is -3.51. The van der Waals surface area contributed by atoms with Gasteiger partial charge in [-0.25, -0.2) is 13.6 Å². The van der Waals surface area contributed by atoms with Crippen molar-refractivity contribution in [1.82, 2.24) is 0 Å². The smallest absolute Gasteiger partial charge is 0.261 e. The predicted octanol–water partition coefficient (Wildman–Crippen LogP) is 3.04. The van der Waals surface area contributed by atoms with Crippen LogP contribution in [0.3, 0.4) is 0 Å². The molecule has 0 aliphatic rings. The highest BCUT2D eigenvalue weighted by molar-refractivity contribution is 7.89. The van der Waals surface area contributed by atoms with Gasteiger partial charge in [0.2, 0.25) is 10.0 Å². The molecule has 1 atom stereocenters. The molecule has 0 aliphatic carbocycles. The van der Waals surface area contributed by atoms with Crippen LogP contribution in [0.1, 0.15) is 27.2 Å². The number of hydrogen-bond donors (Lipinski definition) is 1. The molecule has 28 heavy (non-hydrogen) atoms. The average molecular weight is 418 g/mol. The number of nitrogens with two attached hydrogens (primary N) is 1. The molecule has 0 saturated carbocycles. The summed E-state index contributed by atoms with van der Waals surface area (Å²) in [6, 6.07) is 20.7. The van der Waals surface area contributed by atoms with Crippen molar-refractivity contribution in [3.05, 3.63) is 73.3 Å². The zero-order chi connectivity index (χ0) is 20.8. The van der Waals surface area contributed by atoms with E-state index in [9.17, 15) is 8.42 Å². The van der Waals surface area contributed by atoms with Crippen molar-refractivity contribution in [2.45, 2.75) is 32.2 Å². The van der Waals surface area contributed by atoms with Crippen LogP contribution in [-0.4, -0.2) is 29.1 Å². The molecule has 0 amide bonds. The third kappa shape index (κ3) is 5.41. The first kappa shape index (κ1) is 22.6. The van der Waals surface area contributed by atoms with E-state index < -0.39 is 18.3 Å². The molecule has 152 valence electrons. The van der Waals surface area contributed by atoms with Crippen LogP contribution >= 0.6 is 0 Å². The second-order valence-electron chi connectivity index (χ2n) is 8.13. The molecule has 2 aromatic carbocycles. The van der Waals surface area contributed by atoms with Crippen LogP contribution < -0.4 is 15.5 Å². The van der Waals surface area contributed by atoms with Gasteiger partial charge in [0.05, 0.1) is 5.75 Å². The molecule has 0 radical (unpaired) electrons. The molecule has 0 unspecified atom stereocenters. The van der Waals surface area contributed by atoms with Crippen molar-refractivity contribution in [3.8, 4) is 0 Å². The Morgan fingerprint density at radius 2 is 1.50 bits per heavy atom. The molecule has 6 heteroatoms. The van der Waals surface area contributed by atoms with Gasteiger partial charge < -0.3 is 4.43 Å². The Labute approximate surface area is 170 Å². The van der Waals surface area contributed by atoms with Gasteiger partial charge in [0.25, 0.3) is 8.32 Å². The Kier molecular flexibility index (Phi) is 7.39. The minimum Gasteiger partial charge on any atom is -0.407 e. The standard InChI is InChI=1S/C22H31NO3SSi/c1-5-19(16-17-27(23,24)25)18-26-28(22(2,3)4,20-12-8-6-9-13-20)21-14-10-7-11-15-21/h5-15,19H,1,16-18H2,2-4H3,(H2,23,24,25)/t19-/m1/s1. The minimum absolute atomic E-state index is 0.0756. The summed E-state index contributed by atoms with van der Waals surface area (Å²) in [6.45, 7) is 10.9. The summed E-state index contributed by atoms with van der Waals surface area (Å²) in [5.41, 5.74) is 0. The van der Waals surface area contributed by atoms with E-state index in [-0.39, 0.29) is 16.7 Å². The molecule has 2 N–H and O–H groups in total. The summed E-state index contributed by atoms with van der Waals surface area (Å²) in [4.78, 5) is 0. The fourth-order valence-corrected chi connectivity index (χ4v) is 8.83. The summed E-state index contributed by atoms with van der Waals surface area (Å²) < 4.78 is 29.5. The second kappa shape index (κ2) is 9.18. The maximum atomic E-state index is 11.4. The second-order valence-corrected chi connectivity index (χ2v) is 14.2. The van der Waals surface area contributed by atoms with Gasteiger partial charge in [-0.15, -0.1) is 6.58 Å². The van der Waals surface area contributed by atoms with Crippen molar-refractivity contribution < 1.29 is 12.8 Å². The molecule has 0 spiro atoms. The number of primary sulfonamides is 1. The lowest BCUT2D eigenvalue weighted by molar-refractivity contribution is 0.257. The Morgan fingerprint density at radius 1 is 1.04 bits per heavy atom. The Morgan fingerprint density at radius 3 is 1.86 bits per heavy atom. The van der Waals surface area contributed by atoms with Crippen LogP contribution in [0, 0.1) is 5.92 Å². The molecule has 0 aliphatic heterocycles. The van der Waals surface area contributed by atoms with Gasteiger partial charge in [-0.05, 0) is 27.8 Å². The lowest BCUT2D eigenvalue weighted by Crippen LogP contribution is -2.66. The molecule has 0 heterocycles. The molecule has 0 saturated heterocycles. The summed E-state index contributed by atoms with van der Waals surface area (Å²) in [6.07, 6.45) is 2.17. The lowest BCUT2D eigenvalue weighted by Gasteiger charge is -2.43. The van der Waals surface area contributed by atoms with Gasteiger partial charge in [0.1, 0.15) is 0 Å². The lowest BCUT2D eigenvalue weighted by atomic mass is 10.1. The van der Waals surface area contributed by atoms with E-state index >= 15 is 0 Å². The summed E-state index contributed by atoms with van der Waals surface area (Å²) >= 11 is 0. The zero-order valence-corrected chi connectivity index (χ0v) is 18.8. The fraction of sp³-hybridized carbons (Fsp3) is 0.364. The number of sulfonamides is 1. The van der Waals surface area contributed by atoms with Crippen molar-refractivity contribution >= 4 is 28.7 Å². The molecular formula is C22H31NO3SSi. The SMILES string of the molecule is C=C[C@H](CCS(N)(=O)=O)CO[Si](c1ccccc1)(c1ccccc1)C(C)(C)C. The van der Waals surface area contributed by atoms with E-state index in [1.807, 2.05) is 36.4 Å². The van der Waals surface area contributed by atoms with Crippen LogP contribution in [0.2, 0.25) is 5.04 Å².